The van der Waals surface area contributed by atoms with Crippen molar-refractivity contribution in [3.8, 4) is 0 Å². The van der Waals surface area contributed by atoms with Gasteiger partial charge in [-0.25, -0.2) is 0 Å². The first-order valence-electron chi connectivity index (χ1n) is 8.48. The van der Waals surface area contributed by atoms with Gasteiger partial charge in [0.2, 0.25) is 0 Å². The summed E-state index contributed by atoms with van der Waals surface area (Å²) >= 11 is 0. The van der Waals surface area contributed by atoms with Crippen molar-refractivity contribution in [3.63, 3.8) is 0 Å². The first kappa shape index (κ1) is 18.2. The predicted octanol–water partition coefficient (Wildman–Crippen LogP) is 4.19. The van der Waals surface area contributed by atoms with E-state index in [0.717, 1.165) is 25.9 Å². The molecule has 0 saturated heterocycles. The Kier molecular flexibility index (Phi) is 6.89. The van der Waals surface area contributed by atoms with Crippen molar-refractivity contribution in [1.29, 1.82) is 0 Å². The van der Waals surface area contributed by atoms with Crippen LogP contribution in [0.15, 0.2) is 24.3 Å². The Morgan fingerprint density at radius 2 is 1.57 bits per heavy atom. The van der Waals surface area contributed by atoms with Crippen LogP contribution in [0.3, 0.4) is 0 Å². The Balaban J connectivity index is 2.84. The Morgan fingerprint density at radius 1 is 1.05 bits per heavy atom. The fourth-order valence-electron chi connectivity index (χ4n) is 3.18. The molecule has 2 unspecified atom stereocenters. The lowest BCUT2D eigenvalue weighted by atomic mass is 9.83. The van der Waals surface area contributed by atoms with Gasteiger partial charge in [-0.05, 0) is 49.9 Å². The zero-order chi connectivity index (χ0) is 16.0. The molecule has 2 nitrogen and oxygen atoms in total. The van der Waals surface area contributed by atoms with Gasteiger partial charge in [0, 0.05) is 11.6 Å². The molecule has 2 heteroatoms. The van der Waals surface area contributed by atoms with Crippen molar-refractivity contribution in [3.05, 3.63) is 35.4 Å². The second-order valence-electron chi connectivity index (χ2n) is 6.59. The molecule has 21 heavy (non-hydrogen) atoms. The third kappa shape index (κ3) is 4.31. The highest BCUT2D eigenvalue weighted by atomic mass is 15.2. The molecule has 0 radical (unpaired) electrons. The first-order valence-corrected chi connectivity index (χ1v) is 8.48. The summed E-state index contributed by atoms with van der Waals surface area (Å²) in [7, 11) is 0. The highest BCUT2D eigenvalue weighted by molar-refractivity contribution is 5.25. The van der Waals surface area contributed by atoms with E-state index in [1.165, 1.54) is 11.1 Å². The lowest BCUT2D eigenvalue weighted by molar-refractivity contribution is 0.0845. The lowest BCUT2D eigenvalue weighted by Crippen LogP contribution is -2.58. The molecule has 1 aromatic rings. The Morgan fingerprint density at radius 3 is 1.95 bits per heavy atom. The minimum atomic E-state index is 0.0697. The van der Waals surface area contributed by atoms with E-state index in [2.05, 4.69) is 70.7 Å². The van der Waals surface area contributed by atoms with E-state index in [0.29, 0.717) is 5.92 Å². The minimum Gasteiger partial charge on any atom is -0.326 e. The zero-order valence-corrected chi connectivity index (χ0v) is 14.8. The molecule has 0 heterocycles. The molecule has 1 rings (SSSR count). The Hall–Kier alpha value is -0.860. The smallest absolute Gasteiger partial charge is 0.0332 e. The van der Waals surface area contributed by atoms with Gasteiger partial charge in [-0.15, -0.1) is 0 Å². The molecule has 2 N–H and O–H groups in total. The molecule has 2 atom stereocenters. The fraction of sp³-hybridized carbons (Fsp3) is 0.684. The van der Waals surface area contributed by atoms with Gasteiger partial charge in [-0.1, -0.05) is 58.9 Å². The van der Waals surface area contributed by atoms with Crippen LogP contribution in [0.4, 0.5) is 0 Å². The van der Waals surface area contributed by atoms with Gasteiger partial charge >= 0.3 is 0 Å². The van der Waals surface area contributed by atoms with Crippen LogP contribution < -0.4 is 5.73 Å². The SMILES string of the molecule is CCN(CC)C(C)(CC)C(N)Cc1ccc(C(C)C)cc1. The number of nitrogens with two attached hydrogens (primary N) is 1. The zero-order valence-electron chi connectivity index (χ0n) is 14.8. The van der Waals surface area contributed by atoms with E-state index >= 15 is 0 Å². The topological polar surface area (TPSA) is 29.3 Å². The largest absolute Gasteiger partial charge is 0.326 e. The van der Waals surface area contributed by atoms with E-state index in [4.69, 9.17) is 5.73 Å². The van der Waals surface area contributed by atoms with Crippen LogP contribution in [0, 0.1) is 0 Å². The van der Waals surface area contributed by atoms with Crippen LogP contribution in [-0.2, 0) is 6.42 Å². The second-order valence-corrected chi connectivity index (χ2v) is 6.59. The van der Waals surface area contributed by atoms with Crippen LogP contribution in [-0.4, -0.2) is 29.6 Å². The second kappa shape index (κ2) is 7.95. The monoisotopic (exact) mass is 290 g/mol. The van der Waals surface area contributed by atoms with Gasteiger partial charge in [0.25, 0.3) is 0 Å². The molecule has 0 aliphatic rings. The molecule has 0 bridgehead atoms. The van der Waals surface area contributed by atoms with Gasteiger partial charge in [0.05, 0.1) is 0 Å². The molecule has 120 valence electrons. The summed E-state index contributed by atoms with van der Waals surface area (Å²) < 4.78 is 0. The van der Waals surface area contributed by atoms with Gasteiger partial charge in [0.1, 0.15) is 0 Å². The van der Waals surface area contributed by atoms with Crippen LogP contribution in [0.25, 0.3) is 0 Å². The van der Waals surface area contributed by atoms with E-state index in [-0.39, 0.29) is 11.6 Å². The average Bonchev–Trinajstić information content (AvgIpc) is 2.48. The quantitative estimate of drug-likeness (QED) is 0.778. The van der Waals surface area contributed by atoms with Crippen LogP contribution >= 0.6 is 0 Å². The van der Waals surface area contributed by atoms with Crippen molar-refractivity contribution in [1.82, 2.24) is 4.90 Å². The van der Waals surface area contributed by atoms with E-state index in [9.17, 15) is 0 Å². The maximum absolute atomic E-state index is 6.60. The Labute approximate surface area is 131 Å². The average molecular weight is 290 g/mol. The Bertz CT molecular complexity index is 406. The summed E-state index contributed by atoms with van der Waals surface area (Å²) in [6, 6.07) is 9.13. The summed E-state index contributed by atoms with van der Waals surface area (Å²) in [5.74, 6) is 0.587. The maximum atomic E-state index is 6.60. The third-order valence-corrected chi connectivity index (χ3v) is 5.10. The van der Waals surface area contributed by atoms with Crippen LogP contribution in [0.1, 0.15) is 65.0 Å². The van der Waals surface area contributed by atoms with Crippen LogP contribution in [0.2, 0.25) is 0 Å². The predicted molar refractivity (Wildman–Crippen MR) is 93.8 cm³/mol. The van der Waals surface area contributed by atoms with E-state index < -0.39 is 0 Å². The molecule has 0 aliphatic carbocycles. The minimum absolute atomic E-state index is 0.0697. The van der Waals surface area contributed by atoms with Gasteiger partial charge in [-0.3, -0.25) is 4.90 Å². The van der Waals surface area contributed by atoms with Crippen molar-refractivity contribution < 1.29 is 0 Å². The summed E-state index contributed by atoms with van der Waals surface area (Å²) in [6.07, 6.45) is 2.03. The van der Waals surface area contributed by atoms with Crippen molar-refractivity contribution in [2.45, 2.75) is 71.9 Å². The van der Waals surface area contributed by atoms with Crippen molar-refractivity contribution >= 4 is 0 Å². The fourth-order valence-corrected chi connectivity index (χ4v) is 3.18. The number of hydrogen-bond acceptors (Lipinski definition) is 2. The summed E-state index contributed by atoms with van der Waals surface area (Å²) in [5, 5.41) is 0. The number of benzene rings is 1. The van der Waals surface area contributed by atoms with E-state index in [1.54, 1.807) is 0 Å². The standard InChI is InChI=1S/C19H34N2/c1-7-19(6,21(8-2)9-3)18(20)14-16-10-12-17(13-11-16)15(4)5/h10-13,15,18H,7-9,14,20H2,1-6H3. The number of hydrogen-bond donors (Lipinski definition) is 1. The summed E-state index contributed by atoms with van der Waals surface area (Å²) in [6.45, 7) is 15.6. The summed E-state index contributed by atoms with van der Waals surface area (Å²) in [5.41, 5.74) is 9.42. The lowest BCUT2D eigenvalue weighted by Gasteiger charge is -2.44. The molecule has 0 aliphatic heterocycles. The van der Waals surface area contributed by atoms with Crippen LogP contribution in [0.5, 0.6) is 0 Å². The normalized spacial score (nSPS) is 16.2. The molecule has 0 fully saturated rings. The van der Waals surface area contributed by atoms with Gasteiger partial charge < -0.3 is 5.73 Å². The highest BCUT2D eigenvalue weighted by Crippen LogP contribution is 2.25. The number of likely N-dealkylation sites (N-methyl/N-ethyl adjacent to an activating group) is 1. The third-order valence-electron chi connectivity index (χ3n) is 5.10. The molecular weight excluding hydrogens is 256 g/mol. The van der Waals surface area contributed by atoms with Crippen molar-refractivity contribution in [2.24, 2.45) is 5.73 Å². The van der Waals surface area contributed by atoms with Gasteiger partial charge in [0.15, 0.2) is 0 Å². The molecule has 0 saturated carbocycles. The molecule has 0 spiro atoms. The first-order chi connectivity index (χ1) is 9.88. The molecule has 1 aromatic carbocycles. The molecule has 0 amide bonds. The maximum Gasteiger partial charge on any atom is 0.0332 e. The number of nitrogens with zero attached hydrogens (tertiary/aromatic N) is 1. The van der Waals surface area contributed by atoms with E-state index in [1.807, 2.05) is 0 Å². The van der Waals surface area contributed by atoms with Gasteiger partial charge in [-0.2, -0.15) is 0 Å². The van der Waals surface area contributed by atoms with Crippen molar-refractivity contribution in [2.75, 3.05) is 13.1 Å². The summed E-state index contributed by atoms with van der Waals surface area (Å²) in [4.78, 5) is 2.50. The highest BCUT2D eigenvalue weighted by Gasteiger charge is 2.34. The number of rotatable bonds is 8. The molecule has 0 aromatic heterocycles. The molecular formula is C19H34N2.